The lowest BCUT2D eigenvalue weighted by atomic mass is 10.0. The number of nitrogen functional groups attached to an aromatic ring is 1. The first-order valence-corrected chi connectivity index (χ1v) is 9.40. The van der Waals surface area contributed by atoms with Crippen LogP contribution in [0.1, 0.15) is 9.67 Å². The molecule has 0 bridgehead atoms. The molecule has 4 rings (SSSR count). The number of carbonyl (C=O) groups excluding carboxylic acids is 1. The topological polar surface area (TPSA) is 68.0 Å². The van der Waals surface area contributed by atoms with Crippen LogP contribution in [0.2, 0.25) is 0 Å². The van der Waals surface area contributed by atoms with Gasteiger partial charge >= 0.3 is 0 Å². The third-order valence-electron chi connectivity index (χ3n) is 4.23. The highest BCUT2D eigenvalue weighted by Crippen LogP contribution is 2.30. The van der Waals surface area contributed by atoms with Gasteiger partial charge in [0, 0.05) is 6.20 Å². The smallest absolute Gasteiger partial charge is 0.265 e. The Kier molecular flexibility index (Phi) is 4.87. The average Bonchev–Trinajstić information content (AvgIpc) is 3.21. The van der Waals surface area contributed by atoms with Gasteiger partial charge in [0.2, 0.25) is 0 Å². The number of aromatic nitrogens is 1. The molecule has 6 heteroatoms. The minimum atomic E-state index is -0.297. The number of anilines is 2. The molecule has 3 N–H and O–H groups in total. The van der Waals surface area contributed by atoms with Crippen LogP contribution in [-0.4, -0.2) is 10.9 Å². The van der Waals surface area contributed by atoms with Crippen LogP contribution >= 0.6 is 11.3 Å². The van der Waals surface area contributed by atoms with Crippen molar-refractivity contribution in [2.24, 2.45) is 0 Å². The van der Waals surface area contributed by atoms with E-state index < -0.39 is 0 Å². The summed E-state index contributed by atoms with van der Waals surface area (Å²) in [5, 5.41) is 2.86. The summed E-state index contributed by atoms with van der Waals surface area (Å²) < 4.78 is 13.1. The normalized spacial score (nSPS) is 10.6. The number of amides is 1. The fraction of sp³-hybridized carbons (Fsp3) is 0. The van der Waals surface area contributed by atoms with E-state index in [1.165, 1.54) is 23.5 Å². The van der Waals surface area contributed by atoms with Crippen LogP contribution in [0.5, 0.6) is 0 Å². The van der Waals surface area contributed by atoms with Gasteiger partial charge in [-0.05, 0) is 59.7 Å². The highest BCUT2D eigenvalue weighted by atomic mass is 32.1. The van der Waals surface area contributed by atoms with Crippen LogP contribution in [0.15, 0.2) is 79.0 Å². The van der Waals surface area contributed by atoms with Gasteiger partial charge in [-0.3, -0.25) is 9.78 Å². The zero-order chi connectivity index (χ0) is 19.5. The summed E-state index contributed by atoms with van der Waals surface area (Å²) in [6, 6.07) is 20.8. The molecule has 0 unspecified atom stereocenters. The van der Waals surface area contributed by atoms with E-state index in [-0.39, 0.29) is 11.7 Å². The predicted molar refractivity (Wildman–Crippen MR) is 112 cm³/mol. The fourth-order valence-electron chi connectivity index (χ4n) is 2.78. The van der Waals surface area contributed by atoms with Gasteiger partial charge < -0.3 is 11.1 Å². The van der Waals surface area contributed by atoms with Gasteiger partial charge in [-0.25, -0.2) is 4.39 Å². The summed E-state index contributed by atoms with van der Waals surface area (Å²) in [5.41, 5.74) is 9.51. The standard InChI is InChI=1S/C22H16FN3OS/c23-16-7-4-14(5-8-16)15-6-9-17(24)19(13-15)26-22(27)21-11-10-20(28-21)18-3-1-2-12-25-18/h1-13H,24H2,(H,26,27). The monoisotopic (exact) mass is 389 g/mol. The molecule has 0 atom stereocenters. The summed E-state index contributed by atoms with van der Waals surface area (Å²) in [7, 11) is 0. The number of pyridine rings is 1. The van der Waals surface area contributed by atoms with Crippen molar-refractivity contribution in [3.8, 4) is 21.7 Å². The molecule has 1 amide bonds. The maximum absolute atomic E-state index is 13.1. The Balaban J connectivity index is 1.57. The molecule has 28 heavy (non-hydrogen) atoms. The first-order valence-electron chi connectivity index (χ1n) is 8.58. The number of nitrogens with two attached hydrogens (primary N) is 1. The molecule has 2 aromatic heterocycles. The average molecular weight is 389 g/mol. The first-order chi connectivity index (χ1) is 13.6. The summed E-state index contributed by atoms with van der Waals surface area (Å²) in [4.78, 5) is 18.5. The number of benzene rings is 2. The molecule has 4 aromatic rings. The van der Waals surface area contributed by atoms with Gasteiger partial charge in [0.05, 0.1) is 26.8 Å². The van der Waals surface area contributed by atoms with Crippen LogP contribution in [0, 0.1) is 5.82 Å². The Morgan fingerprint density at radius 1 is 0.964 bits per heavy atom. The van der Waals surface area contributed by atoms with E-state index in [9.17, 15) is 9.18 Å². The number of hydrogen-bond acceptors (Lipinski definition) is 4. The van der Waals surface area contributed by atoms with Gasteiger partial charge in [-0.1, -0.05) is 24.3 Å². The summed E-state index contributed by atoms with van der Waals surface area (Å²) in [6.45, 7) is 0. The Morgan fingerprint density at radius 3 is 2.50 bits per heavy atom. The van der Waals surface area contributed by atoms with Gasteiger partial charge in [0.15, 0.2) is 0 Å². The van der Waals surface area contributed by atoms with E-state index in [1.807, 2.05) is 30.3 Å². The molecular formula is C22H16FN3OS. The van der Waals surface area contributed by atoms with Crippen LogP contribution < -0.4 is 11.1 Å². The Bertz CT molecular complexity index is 1120. The molecule has 0 fully saturated rings. The maximum Gasteiger partial charge on any atom is 0.265 e. The van der Waals surface area contributed by atoms with Crippen LogP contribution in [-0.2, 0) is 0 Å². The second-order valence-electron chi connectivity index (χ2n) is 6.14. The zero-order valence-corrected chi connectivity index (χ0v) is 15.5. The summed E-state index contributed by atoms with van der Waals surface area (Å²) in [5.74, 6) is -0.538. The molecule has 0 saturated carbocycles. The Morgan fingerprint density at radius 2 is 1.75 bits per heavy atom. The minimum Gasteiger partial charge on any atom is -0.397 e. The summed E-state index contributed by atoms with van der Waals surface area (Å²) >= 11 is 1.36. The van der Waals surface area contributed by atoms with Gasteiger partial charge in [0.1, 0.15) is 5.82 Å². The Hall–Kier alpha value is -3.51. The molecule has 0 aliphatic rings. The van der Waals surface area contributed by atoms with Gasteiger partial charge in [-0.2, -0.15) is 0 Å². The van der Waals surface area contributed by atoms with Crippen LogP contribution in [0.3, 0.4) is 0 Å². The molecule has 0 saturated heterocycles. The van der Waals surface area contributed by atoms with Crippen molar-refractivity contribution in [3.05, 3.63) is 89.7 Å². The highest BCUT2D eigenvalue weighted by molar-refractivity contribution is 7.17. The number of rotatable bonds is 4. The van der Waals surface area contributed by atoms with E-state index in [0.717, 1.165) is 21.7 Å². The van der Waals surface area contributed by atoms with Crippen molar-refractivity contribution in [2.45, 2.75) is 0 Å². The minimum absolute atomic E-state index is 0.241. The molecule has 0 aliphatic heterocycles. The van der Waals surface area contributed by atoms with E-state index in [0.29, 0.717) is 16.3 Å². The number of hydrogen-bond donors (Lipinski definition) is 2. The molecule has 0 aliphatic carbocycles. The van der Waals surface area contributed by atoms with E-state index in [2.05, 4.69) is 10.3 Å². The van der Waals surface area contributed by atoms with E-state index in [4.69, 9.17) is 5.73 Å². The van der Waals surface area contributed by atoms with Crippen molar-refractivity contribution in [3.63, 3.8) is 0 Å². The van der Waals surface area contributed by atoms with Crippen LogP contribution in [0.4, 0.5) is 15.8 Å². The molecular weight excluding hydrogens is 373 g/mol. The second-order valence-corrected chi connectivity index (χ2v) is 7.23. The lowest BCUT2D eigenvalue weighted by molar-refractivity contribution is 0.103. The summed E-state index contributed by atoms with van der Waals surface area (Å²) in [6.07, 6.45) is 1.72. The van der Waals surface area contributed by atoms with Gasteiger partial charge in [0.25, 0.3) is 5.91 Å². The molecule has 0 spiro atoms. The third kappa shape index (κ3) is 3.77. The lowest BCUT2D eigenvalue weighted by Gasteiger charge is -2.10. The van der Waals surface area contributed by atoms with Crippen molar-refractivity contribution < 1.29 is 9.18 Å². The SMILES string of the molecule is Nc1ccc(-c2ccc(F)cc2)cc1NC(=O)c1ccc(-c2ccccn2)s1. The predicted octanol–water partition coefficient (Wildman–Crippen LogP) is 5.45. The highest BCUT2D eigenvalue weighted by Gasteiger charge is 2.13. The molecule has 4 nitrogen and oxygen atoms in total. The number of carbonyl (C=O) groups is 1. The second kappa shape index (κ2) is 7.62. The number of nitrogens with zero attached hydrogens (tertiary/aromatic N) is 1. The van der Waals surface area contributed by atoms with Crippen molar-refractivity contribution in [2.75, 3.05) is 11.1 Å². The molecule has 0 radical (unpaired) electrons. The first kappa shape index (κ1) is 17.9. The van der Waals surface area contributed by atoms with Crippen molar-refractivity contribution >= 4 is 28.6 Å². The van der Waals surface area contributed by atoms with E-state index >= 15 is 0 Å². The number of halogens is 1. The lowest BCUT2D eigenvalue weighted by Crippen LogP contribution is -2.11. The molecule has 2 heterocycles. The number of thiophene rings is 1. The van der Waals surface area contributed by atoms with Gasteiger partial charge in [-0.15, -0.1) is 11.3 Å². The molecule has 2 aromatic carbocycles. The zero-order valence-electron chi connectivity index (χ0n) is 14.7. The third-order valence-corrected chi connectivity index (χ3v) is 5.33. The van der Waals surface area contributed by atoms with E-state index in [1.54, 1.807) is 36.5 Å². The van der Waals surface area contributed by atoms with Crippen molar-refractivity contribution in [1.82, 2.24) is 4.98 Å². The number of nitrogens with one attached hydrogen (secondary N) is 1. The Labute approximate surface area is 165 Å². The van der Waals surface area contributed by atoms with Crippen molar-refractivity contribution in [1.29, 1.82) is 0 Å². The maximum atomic E-state index is 13.1. The largest absolute Gasteiger partial charge is 0.397 e. The molecule has 138 valence electrons. The fourth-order valence-corrected chi connectivity index (χ4v) is 3.65. The van der Waals surface area contributed by atoms with Crippen LogP contribution in [0.25, 0.3) is 21.7 Å². The quantitative estimate of drug-likeness (QED) is 0.456.